The average Bonchev–Trinajstić information content (AvgIpc) is 3.09. The lowest BCUT2D eigenvalue weighted by Gasteiger charge is -2.19. The smallest absolute Gasteiger partial charge is 0.291 e. The molecule has 0 saturated carbocycles. The van der Waals surface area contributed by atoms with Crippen LogP contribution < -0.4 is 10.6 Å². The second kappa shape index (κ2) is 8.80. The van der Waals surface area contributed by atoms with Gasteiger partial charge in [0.25, 0.3) is 11.8 Å². The molecule has 0 spiro atoms. The minimum atomic E-state index is -0.257. The lowest BCUT2D eigenvalue weighted by Crippen LogP contribution is -2.33. The van der Waals surface area contributed by atoms with Gasteiger partial charge < -0.3 is 15.2 Å². The molecule has 1 atom stereocenters. The number of hydrogen-bond donors (Lipinski definition) is 2. The summed E-state index contributed by atoms with van der Waals surface area (Å²) < 4.78 is 1.93. The molecule has 2 amide bonds. The van der Waals surface area contributed by atoms with E-state index in [2.05, 4.69) is 29.5 Å². The van der Waals surface area contributed by atoms with Crippen molar-refractivity contribution in [1.82, 2.24) is 14.9 Å². The molecule has 0 radical (unpaired) electrons. The van der Waals surface area contributed by atoms with Gasteiger partial charge >= 0.3 is 0 Å². The molecule has 1 aliphatic rings. The predicted molar refractivity (Wildman–Crippen MR) is 116 cm³/mol. The third-order valence-electron chi connectivity index (χ3n) is 5.69. The first kappa shape index (κ1) is 21.1. The Morgan fingerprint density at radius 1 is 1.17 bits per heavy atom. The van der Waals surface area contributed by atoms with Crippen LogP contribution in [0.2, 0.25) is 0 Å². The van der Waals surface area contributed by atoms with Gasteiger partial charge in [-0.15, -0.1) is 0 Å². The van der Waals surface area contributed by atoms with Gasteiger partial charge in [-0.05, 0) is 56.6 Å². The number of imidazole rings is 1. The fourth-order valence-electron chi connectivity index (χ4n) is 3.80. The van der Waals surface area contributed by atoms with Crippen molar-refractivity contribution < 1.29 is 9.59 Å². The van der Waals surface area contributed by atoms with Gasteiger partial charge in [0.15, 0.2) is 5.82 Å². The Morgan fingerprint density at radius 3 is 2.62 bits per heavy atom. The third kappa shape index (κ3) is 4.36. The maximum Gasteiger partial charge on any atom is 0.291 e. The second-order valence-electron chi connectivity index (χ2n) is 8.27. The number of fused-ring (bicyclic) bond motifs is 1. The number of anilines is 1. The van der Waals surface area contributed by atoms with E-state index in [0.717, 1.165) is 48.2 Å². The Morgan fingerprint density at radius 2 is 1.93 bits per heavy atom. The summed E-state index contributed by atoms with van der Waals surface area (Å²) in [4.78, 5) is 30.5. The molecule has 3 rings (SSSR count). The Kier molecular flexibility index (Phi) is 6.40. The summed E-state index contributed by atoms with van der Waals surface area (Å²) in [7, 11) is 0. The van der Waals surface area contributed by atoms with E-state index in [9.17, 15) is 9.59 Å². The number of aryl methyl sites for hydroxylation is 1. The minimum absolute atomic E-state index is 0.0706. The van der Waals surface area contributed by atoms with Crippen molar-refractivity contribution in [3.63, 3.8) is 0 Å². The molecule has 1 unspecified atom stereocenters. The van der Waals surface area contributed by atoms with Crippen LogP contribution in [0.3, 0.4) is 0 Å². The summed E-state index contributed by atoms with van der Waals surface area (Å²) in [5.41, 5.74) is 4.22. The van der Waals surface area contributed by atoms with E-state index in [4.69, 9.17) is 0 Å². The summed E-state index contributed by atoms with van der Waals surface area (Å²) in [5, 5.41) is 6.06. The second-order valence-corrected chi connectivity index (χ2v) is 8.27. The average molecular weight is 397 g/mol. The molecule has 0 saturated heterocycles. The number of para-hydroxylation sites is 1. The van der Waals surface area contributed by atoms with Gasteiger partial charge in [0.2, 0.25) is 0 Å². The summed E-state index contributed by atoms with van der Waals surface area (Å²) in [6.07, 6.45) is 3.61. The topological polar surface area (TPSA) is 76.0 Å². The number of amides is 2. The van der Waals surface area contributed by atoms with Crippen molar-refractivity contribution in [2.75, 3.05) is 5.32 Å². The maximum absolute atomic E-state index is 13.2. The van der Waals surface area contributed by atoms with Crippen LogP contribution in [0.15, 0.2) is 18.2 Å². The highest BCUT2D eigenvalue weighted by atomic mass is 16.2. The zero-order valence-electron chi connectivity index (χ0n) is 18.1. The van der Waals surface area contributed by atoms with Gasteiger partial charge in [-0.25, -0.2) is 4.98 Å². The van der Waals surface area contributed by atoms with E-state index in [-0.39, 0.29) is 23.8 Å². The van der Waals surface area contributed by atoms with Crippen molar-refractivity contribution in [3.8, 4) is 0 Å². The molecule has 6 heteroatoms. The van der Waals surface area contributed by atoms with Crippen LogP contribution in [-0.2, 0) is 13.0 Å². The number of carbonyl (C=O) groups is 2. The molecule has 29 heavy (non-hydrogen) atoms. The zero-order valence-corrected chi connectivity index (χ0v) is 18.1. The van der Waals surface area contributed by atoms with E-state index in [0.29, 0.717) is 18.1 Å². The molecule has 156 valence electrons. The molecule has 1 aliphatic heterocycles. The minimum Gasteiger partial charge on any atom is -0.348 e. The molecule has 6 nitrogen and oxygen atoms in total. The monoisotopic (exact) mass is 396 g/mol. The first-order chi connectivity index (χ1) is 13.8. The number of carbonyl (C=O) groups excluding carboxylic acids is 2. The van der Waals surface area contributed by atoms with Gasteiger partial charge in [-0.3, -0.25) is 9.59 Å². The standard InChI is InChI=1S/C23H32N4O2/c1-6-16(5)24-22(28)20-18-12-7-8-13-27(18)21(25-20)23(29)26-19-15(4)10-9-11-17(19)14(2)3/h9-11,14,16H,6-8,12-13H2,1-5H3,(H,24,28)(H,26,29). The van der Waals surface area contributed by atoms with Crippen molar-refractivity contribution in [2.45, 2.75) is 78.8 Å². The normalized spacial score (nSPS) is 14.4. The Labute approximate surface area is 173 Å². The zero-order chi connectivity index (χ0) is 21.1. The number of rotatable bonds is 6. The van der Waals surface area contributed by atoms with Crippen LogP contribution in [0, 0.1) is 6.92 Å². The van der Waals surface area contributed by atoms with Crippen LogP contribution in [0.25, 0.3) is 0 Å². The van der Waals surface area contributed by atoms with Crippen molar-refractivity contribution in [2.24, 2.45) is 0 Å². The van der Waals surface area contributed by atoms with Crippen molar-refractivity contribution in [3.05, 3.63) is 46.5 Å². The van der Waals surface area contributed by atoms with E-state index in [1.54, 1.807) is 0 Å². The molecule has 0 aliphatic carbocycles. The number of benzene rings is 1. The van der Waals surface area contributed by atoms with Crippen LogP contribution >= 0.6 is 0 Å². The summed E-state index contributed by atoms with van der Waals surface area (Å²) in [6.45, 7) is 10.9. The SMILES string of the molecule is CCC(C)NC(=O)c1nc(C(=O)Nc2c(C)cccc2C(C)C)n2c1CCCC2. The molecular formula is C23H32N4O2. The first-order valence-corrected chi connectivity index (χ1v) is 10.6. The highest BCUT2D eigenvalue weighted by molar-refractivity contribution is 6.04. The van der Waals surface area contributed by atoms with Gasteiger partial charge in [0.1, 0.15) is 5.69 Å². The van der Waals surface area contributed by atoms with Gasteiger partial charge in [0, 0.05) is 18.3 Å². The quantitative estimate of drug-likeness (QED) is 0.758. The fourth-order valence-corrected chi connectivity index (χ4v) is 3.80. The summed E-state index contributed by atoms with van der Waals surface area (Å²) in [5.74, 6) is 0.165. The van der Waals surface area contributed by atoms with E-state index < -0.39 is 0 Å². The molecule has 1 aromatic heterocycles. The summed E-state index contributed by atoms with van der Waals surface area (Å²) in [6, 6.07) is 6.11. The summed E-state index contributed by atoms with van der Waals surface area (Å²) >= 11 is 0. The van der Waals surface area contributed by atoms with Crippen LogP contribution in [0.5, 0.6) is 0 Å². The lowest BCUT2D eigenvalue weighted by atomic mass is 9.98. The van der Waals surface area contributed by atoms with Crippen molar-refractivity contribution in [1.29, 1.82) is 0 Å². The van der Waals surface area contributed by atoms with Crippen LogP contribution in [0.1, 0.15) is 90.8 Å². The maximum atomic E-state index is 13.2. The number of nitrogens with zero attached hydrogens (tertiary/aromatic N) is 2. The number of aromatic nitrogens is 2. The van der Waals surface area contributed by atoms with Gasteiger partial charge in [0.05, 0.1) is 5.69 Å². The van der Waals surface area contributed by atoms with Crippen LogP contribution in [-0.4, -0.2) is 27.4 Å². The molecule has 2 N–H and O–H groups in total. The number of hydrogen-bond acceptors (Lipinski definition) is 3. The molecular weight excluding hydrogens is 364 g/mol. The molecule has 2 aromatic rings. The fraction of sp³-hybridized carbons (Fsp3) is 0.522. The highest BCUT2D eigenvalue weighted by Gasteiger charge is 2.28. The largest absolute Gasteiger partial charge is 0.348 e. The van der Waals surface area contributed by atoms with E-state index >= 15 is 0 Å². The Balaban J connectivity index is 1.95. The third-order valence-corrected chi connectivity index (χ3v) is 5.69. The highest BCUT2D eigenvalue weighted by Crippen LogP contribution is 2.28. The Bertz CT molecular complexity index is 914. The Hall–Kier alpha value is -2.63. The molecule has 1 aromatic carbocycles. The molecule has 0 fully saturated rings. The van der Waals surface area contributed by atoms with Gasteiger partial charge in [-0.1, -0.05) is 39.0 Å². The van der Waals surface area contributed by atoms with Gasteiger partial charge in [-0.2, -0.15) is 0 Å². The number of nitrogens with one attached hydrogen (secondary N) is 2. The van der Waals surface area contributed by atoms with Crippen LogP contribution in [0.4, 0.5) is 5.69 Å². The van der Waals surface area contributed by atoms with E-state index in [1.807, 2.05) is 43.5 Å². The first-order valence-electron chi connectivity index (χ1n) is 10.6. The van der Waals surface area contributed by atoms with Crippen molar-refractivity contribution >= 4 is 17.5 Å². The predicted octanol–water partition coefficient (Wildman–Crippen LogP) is 4.43. The lowest BCUT2D eigenvalue weighted by molar-refractivity contribution is 0.0933. The molecule has 0 bridgehead atoms. The van der Waals surface area contributed by atoms with E-state index in [1.165, 1.54) is 0 Å². The molecule has 2 heterocycles.